The third-order valence-corrected chi connectivity index (χ3v) is 9.02. The number of carboxylic acids is 1. The van der Waals surface area contributed by atoms with Gasteiger partial charge in [-0.3, -0.25) is 0 Å². The quantitative estimate of drug-likeness (QED) is 0.329. The standard InChI is InChI=1S/C34H42N2O2/c1-5-35(28-13-11-27(12-14-28)34(4)22-25-19-24(3)20-26(21-25)23-34)29-15-17-30(18-16-29)36(6-2)32-10-8-7-9-31(32)33(37)38/h7-18,24-26H,5-6,19-23H2,1-4H3,(H,37,38). The Hall–Kier alpha value is -3.27. The van der Waals surface area contributed by atoms with Crippen molar-refractivity contribution in [2.75, 3.05) is 22.9 Å². The fourth-order valence-electron chi connectivity index (χ4n) is 7.58. The average Bonchev–Trinajstić information content (AvgIpc) is 2.90. The van der Waals surface area contributed by atoms with Gasteiger partial charge < -0.3 is 14.9 Å². The summed E-state index contributed by atoms with van der Waals surface area (Å²) in [6, 6.07) is 25.0. The second-order valence-corrected chi connectivity index (χ2v) is 11.9. The van der Waals surface area contributed by atoms with E-state index in [1.54, 1.807) is 12.1 Å². The van der Waals surface area contributed by atoms with E-state index in [1.807, 2.05) is 19.1 Å². The van der Waals surface area contributed by atoms with Crippen LogP contribution in [0, 0.1) is 17.8 Å². The third kappa shape index (κ3) is 5.18. The number of rotatable bonds is 8. The highest BCUT2D eigenvalue weighted by Crippen LogP contribution is 2.51. The molecule has 0 spiro atoms. The Morgan fingerprint density at radius 2 is 1.29 bits per heavy atom. The molecule has 0 aliphatic heterocycles. The van der Waals surface area contributed by atoms with Gasteiger partial charge in [0, 0.05) is 30.2 Å². The number of anilines is 4. The molecule has 4 nitrogen and oxygen atoms in total. The van der Waals surface area contributed by atoms with Crippen LogP contribution in [0.15, 0.2) is 72.8 Å². The van der Waals surface area contributed by atoms with Crippen molar-refractivity contribution in [1.82, 2.24) is 0 Å². The molecule has 0 heterocycles. The SMILES string of the molecule is CCN(c1ccc(N(CC)c2ccccc2C(=O)O)cc1)c1ccc(C2(C)CC3CC(C)CC(C3)C2)cc1. The van der Waals surface area contributed by atoms with Gasteiger partial charge in [-0.1, -0.05) is 38.1 Å². The highest BCUT2D eigenvalue weighted by Gasteiger charge is 2.41. The Morgan fingerprint density at radius 1 is 0.789 bits per heavy atom. The first-order valence-electron chi connectivity index (χ1n) is 14.4. The van der Waals surface area contributed by atoms with Crippen molar-refractivity contribution in [2.24, 2.45) is 17.8 Å². The van der Waals surface area contributed by atoms with Gasteiger partial charge in [0.15, 0.2) is 0 Å². The summed E-state index contributed by atoms with van der Waals surface area (Å²) in [5.41, 5.74) is 6.15. The van der Waals surface area contributed by atoms with Crippen LogP contribution in [0.3, 0.4) is 0 Å². The first-order valence-corrected chi connectivity index (χ1v) is 14.4. The van der Waals surface area contributed by atoms with Crippen molar-refractivity contribution in [3.63, 3.8) is 0 Å². The van der Waals surface area contributed by atoms with Crippen LogP contribution in [0.5, 0.6) is 0 Å². The van der Waals surface area contributed by atoms with E-state index in [4.69, 9.17) is 0 Å². The van der Waals surface area contributed by atoms with Crippen molar-refractivity contribution in [3.8, 4) is 0 Å². The Bertz CT molecular complexity index is 1230. The topological polar surface area (TPSA) is 43.8 Å². The first-order chi connectivity index (χ1) is 18.3. The minimum Gasteiger partial charge on any atom is -0.478 e. The molecule has 2 atom stereocenters. The van der Waals surface area contributed by atoms with Gasteiger partial charge in [0.05, 0.1) is 11.3 Å². The van der Waals surface area contributed by atoms with Gasteiger partial charge in [-0.05, 0) is 123 Å². The van der Waals surface area contributed by atoms with Gasteiger partial charge in [0.1, 0.15) is 0 Å². The van der Waals surface area contributed by atoms with Gasteiger partial charge in [0.25, 0.3) is 0 Å². The summed E-state index contributed by atoms with van der Waals surface area (Å²) in [5, 5.41) is 9.67. The molecule has 0 aromatic heterocycles. The van der Waals surface area contributed by atoms with Crippen LogP contribution in [-0.2, 0) is 5.41 Å². The van der Waals surface area contributed by atoms with Gasteiger partial charge >= 0.3 is 5.97 Å². The Balaban J connectivity index is 1.35. The van der Waals surface area contributed by atoms with Crippen LogP contribution in [0.1, 0.15) is 75.7 Å². The average molecular weight is 511 g/mol. The molecule has 0 radical (unpaired) electrons. The third-order valence-electron chi connectivity index (χ3n) is 9.02. The molecule has 3 aromatic carbocycles. The van der Waals surface area contributed by atoms with Crippen LogP contribution >= 0.6 is 0 Å². The number of carbonyl (C=O) groups is 1. The fraction of sp³-hybridized carbons (Fsp3) is 0.441. The largest absolute Gasteiger partial charge is 0.478 e. The van der Waals surface area contributed by atoms with E-state index in [2.05, 4.69) is 79.1 Å². The summed E-state index contributed by atoms with van der Waals surface area (Å²) in [6.45, 7) is 10.7. The molecule has 2 aliphatic carbocycles. The molecule has 2 bridgehead atoms. The van der Waals surface area contributed by atoms with E-state index in [1.165, 1.54) is 43.4 Å². The number of para-hydroxylation sites is 1. The van der Waals surface area contributed by atoms with Crippen molar-refractivity contribution >= 4 is 28.7 Å². The van der Waals surface area contributed by atoms with E-state index in [-0.39, 0.29) is 0 Å². The molecule has 200 valence electrons. The molecular formula is C34H42N2O2. The second kappa shape index (κ2) is 10.8. The van der Waals surface area contributed by atoms with Crippen LogP contribution < -0.4 is 9.80 Å². The monoisotopic (exact) mass is 510 g/mol. The number of carboxylic acid groups (broad SMARTS) is 1. The lowest BCUT2D eigenvalue weighted by Gasteiger charge is -2.47. The summed E-state index contributed by atoms with van der Waals surface area (Å²) < 4.78 is 0. The summed E-state index contributed by atoms with van der Waals surface area (Å²) in [7, 11) is 0. The lowest BCUT2D eigenvalue weighted by Crippen LogP contribution is -2.38. The van der Waals surface area contributed by atoms with Crippen molar-refractivity contribution in [2.45, 2.75) is 65.2 Å². The summed E-state index contributed by atoms with van der Waals surface area (Å²) >= 11 is 0. The van der Waals surface area contributed by atoms with E-state index < -0.39 is 5.97 Å². The van der Waals surface area contributed by atoms with E-state index >= 15 is 0 Å². The smallest absolute Gasteiger partial charge is 0.337 e. The number of aromatic carboxylic acids is 1. The lowest BCUT2D eigenvalue weighted by molar-refractivity contribution is 0.0697. The zero-order valence-corrected chi connectivity index (χ0v) is 23.4. The molecule has 2 aliphatic rings. The van der Waals surface area contributed by atoms with Gasteiger partial charge in [-0.15, -0.1) is 0 Å². The minimum atomic E-state index is -0.906. The molecule has 2 saturated carbocycles. The molecule has 0 saturated heterocycles. The fourth-order valence-corrected chi connectivity index (χ4v) is 7.58. The number of hydrogen-bond donors (Lipinski definition) is 1. The molecule has 1 N–H and O–H groups in total. The van der Waals surface area contributed by atoms with E-state index in [9.17, 15) is 9.90 Å². The van der Waals surface area contributed by atoms with Crippen LogP contribution in [0.4, 0.5) is 22.7 Å². The number of benzene rings is 3. The predicted molar refractivity (Wildman–Crippen MR) is 158 cm³/mol. The molecule has 3 aromatic rings. The molecular weight excluding hydrogens is 468 g/mol. The molecule has 2 fully saturated rings. The molecule has 2 unspecified atom stereocenters. The minimum absolute atomic E-state index is 0.292. The zero-order chi connectivity index (χ0) is 26.9. The number of hydrogen-bond acceptors (Lipinski definition) is 3. The Labute approximate surface area is 228 Å². The summed E-state index contributed by atoms with van der Waals surface area (Å²) in [4.78, 5) is 16.2. The number of nitrogens with zero attached hydrogens (tertiary/aromatic N) is 2. The maximum absolute atomic E-state index is 11.8. The summed E-state index contributed by atoms with van der Waals surface area (Å²) in [6.07, 6.45) is 6.90. The molecule has 5 rings (SSSR count). The van der Waals surface area contributed by atoms with E-state index in [0.717, 1.165) is 35.7 Å². The zero-order valence-electron chi connectivity index (χ0n) is 23.4. The van der Waals surface area contributed by atoms with Crippen LogP contribution in [0.25, 0.3) is 0 Å². The van der Waals surface area contributed by atoms with Crippen molar-refractivity contribution in [3.05, 3.63) is 83.9 Å². The summed E-state index contributed by atoms with van der Waals surface area (Å²) in [5.74, 6) is 1.76. The maximum Gasteiger partial charge on any atom is 0.337 e. The number of fused-ring (bicyclic) bond motifs is 2. The lowest BCUT2D eigenvalue weighted by atomic mass is 9.57. The van der Waals surface area contributed by atoms with Gasteiger partial charge in [0.2, 0.25) is 0 Å². The van der Waals surface area contributed by atoms with Gasteiger partial charge in [-0.2, -0.15) is 0 Å². The highest BCUT2D eigenvalue weighted by atomic mass is 16.4. The Kier molecular flexibility index (Phi) is 7.52. The molecule has 4 heteroatoms. The maximum atomic E-state index is 11.8. The normalized spacial score (nSPS) is 24.6. The highest BCUT2D eigenvalue weighted by molar-refractivity contribution is 5.95. The van der Waals surface area contributed by atoms with Crippen LogP contribution in [0.2, 0.25) is 0 Å². The molecule has 38 heavy (non-hydrogen) atoms. The molecule has 0 amide bonds. The second-order valence-electron chi connectivity index (χ2n) is 11.9. The Morgan fingerprint density at radius 3 is 1.82 bits per heavy atom. The van der Waals surface area contributed by atoms with Crippen molar-refractivity contribution < 1.29 is 9.90 Å². The predicted octanol–water partition coefficient (Wildman–Crippen LogP) is 8.80. The van der Waals surface area contributed by atoms with E-state index in [0.29, 0.717) is 23.2 Å². The van der Waals surface area contributed by atoms with Crippen LogP contribution in [-0.4, -0.2) is 24.2 Å². The van der Waals surface area contributed by atoms with Gasteiger partial charge in [-0.25, -0.2) is 4.79 Å². The first kappa shape index (κ1) is 26.3. The van der Waals surface area contributed by atoms with Crippen molar-refractivity contribution in [1.29, 1.82) is 0 Å².